The van der Waals surface area contributed by atoms with E-state index >= 15 is 0 Å². The summed E-state index contributed by atoms with van der Waals surface area (Å²) >= 11 is 0. The monoisotopic (exact) mass is 283 g/mol. The number of nitrogens with two attached hydrogens (primary N) is 1. The number of aromatic nitrogens is 1. The van der Waals surface area contributed by atoms with Crippen LogP contribution < -0.4 is 10.6 Å². The minimum Gasteiger partial charge on any atom is -0.353 e. The Kier molecular flexibility index (Phi) is 4.10. The van der Waals surface area contributed by atoms with Crippen molar-refractivity contribution in [3.63, 3.8) is 0 Å². The van der Waals surface area contributed by atoms with Crippen LogP contribution >= 0.6 is 0 Å². The lowest BCUT2D eigenvalue weighted by Gasteiger charge is -2.39. The topological polar surface area (TPSA) is 76.3 Å². The van der Waals surface area contributed by atoms with E-state index in [9.17, 15) is 8.42 Å². The van der Waals surface area contributed by atoms with Gasteiger partial charge in [-0.2, -0.15) is 0 Å². The van der Waals surface area contributed by atoms with Crippen LogP contribution in [0.15, 0.2) is 23.2 Å². The van der Waals surface area contributed by atoms with E-state index in [2.05, 4.69) is 16.8 Å². The molecule has 2 atom stereocenters. The van der Waals surface area contributed by atoms with Crippen molar-refractivity contribution >= 4 is 15.7 Å². The van der Waals surface area contributed by atoms with E-state index < -0.39 is 9.84 Å². The summed E-state index contributed by atoms with van der Waals surface area (Å²) < 4.78 is 23.7. The molecule has 0 aliphatic carbocycles. The first kappa shape index (κ1) is 14.3. The maximum atomic E-state index is 11.9. The molecular formula is C13H21N3O2S. The third kappa shape index (κ3) is 3.06. The van der Waals surface area contributed by atoms with Crippen molar-refractivity contribution in [2.24, 2.45) is 11.7 Å². The van der Waals surface area contributed by atoms with Gasteiger partial charge in [0, 0.05) is 25.0 Å². The maximum absolute atomic E-state index is 11.9. The number of nitrogens with zero attached hydrogens (tertiary/aromatic N) is 2. The average molecular weight is 283 g/mol. The number of sulfone groups is 1. The highest BCUT2D eigenvalue weighted by Crippen LogP contribution is 2.30. The smallest absolute Gasteiger partial charge is 0.179 e. The summed E-state index contributed by atoms with van der Waals surface area (Å²) in [6, 6.07) is 3.57. The summed E-state index contributed by atoms with van der Waals surface area (Å²) in [5.74, 6) is 0.973. The molecule has 1 fully saturated rings. The largest absolute Gasteiger partial charge is 0.353 e. The molecule has 1 saturated heterocycles. The van der Waals surface area contributed by atoms with Crippen molar-refractivity contribution in [2.45, 2.75) is 30.7 Å². The van der Waals surface area contributed by atoms with E-state index in [4.69, 9.17) is 5.73 Å². The van der Waals surface area contributed by atoms with Crippen LogP contribution in [0, 0.1) is 5.92 Å². The Morgan fingerprint density at radius 3 is 2.84 bits per heavy atom. The van der Waals surface area contributed by atoms with Gasteiger partial charge in [0.05, 0.1) is 0 Å². The Bertz CT molecular complexity index is 545. The first-order chi connectivity index (χ1) is 8.93. The second-order valence-electron chi connectivity index (χ2n) is 5.28. The number of rotatable bonds is 3. The molecule has 2 unspecified atom stereocenters. The molecule has 0 saturated carbocycles. The van der Waals surface area contributed by atoms with Crippen molar-refractivity contribution in [3.8, 4) is 0 Å². The minimum atomic E-state index is -3.27. The second kappa shape index (κ2) is 5.46. The van der Waals surface area contributed by atoms with Gasteiger partial charge in [-0.1, -0.05) is 0 Å². The van der Waals surface area contributed by atoms with Gasteiger partial charge in [0.15, 0.2) is 9.84 Å². The highest BCUT2D eigenvalue weighted by atomic mass is 32.2. The molecule has 0 amide bonds. The van der Waals surface area contributed by atoms with Crippen molar-refractivity contribution in [3.05, 3.63) is 18.3 Å². The fourth-order valence-corrected chi connectivity index (χ4v) is 3.38. The van der Waals surface area contributed by atoms with Crippen LogP contribution in [-0.2, 0) is 9.84 Å². The van der Waals surface area contributed by atoms with Crippen molar-refractivity contribution in [2.75, 3.05) is 24.2 Å². The van der Waals surface area contributed by atoms with Crippen molar-refractivity contribution < 1.29 is 8.42 Å². The number of hydrogen-bond donors (Lipinski definition) is 1. The summed E-state index contributed by atoms with van der Waals surface area (Å²) in [6.07, 6.45) is 4.97. The van der Waals surface area contributed by atoms with Crippen molar-refractivity contribution in [1.29, 1.82) is 0 Å². The Balaban J connectivity index is 2.40. The Morgan fingerprint density at radius 2 is 2.21 bits per heavy atom. The van der Waals surface area contributed by atoms with Crippen LogP contribution in [0.2, 0.25) is 0 Å². The van der Waals surface area contributed by atoms with Crippen LogP contribution in [0.3, 0.4) is 0 Å². The van der Waals surface area contributed by atoms with Gasteiger partial charge in [0.2, 0.25) is 0 Å². The van der Waals surface area contributed by atoms with Gasteiger partial charge < -0.3 is 10.6 Å². The van der Waals surface area contributed by atoms with E-state index in [0.717, 1.165) is 19.4 Å². The Labute approximate surface area is 114 Å². The van der Waals surface area contributed by atoms with Gasteiger partial charge in [-0.05, 0) is 44.4 Å². The number of pyridine rings is 1. The van der Waals surface area contributed by atoms with Gasteiger partial charge >= 0.3 is 0 Å². The highest BCUT2D eigenvalue weighted by molar-refractivity contribution is 7.90. The van der Waals surface area contributed by atoms with Gasteiger partial charge in [0.25, 0.3) is 0 Å². The molecule has 0 aromatic carbocycles. The molecule has 2 N–H and O–H groups in total. The lowest BCUT2D eigenvalue weighted by atomic mass is 9.93. The zero-order chi connectivity index (χ0) is 14.0. The molecule has 1 aromatic heterocycles. The molecule has 5 nitrogen and oxygen atoms in total. The standard InChI is InChI=1S/C13H21N3O2S/c1-10-5-6-11(8-14)9-16(10)13-12(19(2,17)18)4-3-7-15-13/h3-4,7,10-11H,5-6,8-9,14H2,1-2H3. The third-order valence-electron chi connectivity index (χ3n) is 3.74. The van der Waals surface area contributed by atoms with Crippen molar-refractivity contribution in [1.82, 2.24) is 4.98 Å². The van der Waals surface area contributed by atoms with Gasteiger partial charge in [-0.15, -0.1) is 0 Å². The molecular weight excluding hydrogens is 262 g/mol. The zero-order valence-electron chi connectivity index (χ0n) is 11.4. The predicted octanol–water partition coefficient (Wildman–Crippen LogP) is 1.05. The number of anilines is 1. The highest BCUT2D eigenvalue weighted by Gasteiger charge is 2.29. The molecule has 0 bridgehead atoms. The van der Waals surface area contributed by atoms with E-state index in [0.29, 0.717) is 29.2 Å². The van der Waals surface area contributed by atoms with Gasteiger partial charge in [-0.3, -0.25) is 0 Å². The van der Waals surface area contributed by atoms with E-state index in [1.54, 1.807) is 18.3 Å². The first-order valence-corrected chi connectivity index (χ1v) is 8.44. The van der Waals surface area contributed by atoms with Crippen LogP contribution in [0.4, 0.5) is 5.82 Å². The molecule has 2 rings (SSSR count). The summed E-state index contributed by atoms with van der Waals surface area (Å²) in [7, 11) is -3.27. The van der Waals surface area contributed by atoms with E-state index in [1.807, 2.05) is 0 Å². The lowest BCUT2D eigenvalue weighted by Crippen LogP contribution is -2.44. The van der Waals surface area contributed by atoms with Crippen LogP contribution in [-0.4, -0.2) is 38.8 Å². The Hall–Kier alpha value is -1.14. The summed E-state index contributed by atoms with van der Waals surface area (Å²) in [4.78, 5) is 6.68. The van der Waals surface area contributed by atoms with E-state index in [1.165, 1.54) is 6.26 Å². The maximum Gasteiger partial charge on any atom is 0.179 e. The molecule has 19 heavy (non-hydrogen) atoms. The molecule has 6 heteroatoms. The molecule has 1 aromatic rings. The summed E-state index contributed by atoms with van der Waals surface area (Å²) in [5.41, 5.74) is 5.75. The zero-order valence-corrected chi connectivity index (χ0v) is 12.2. The molecule has 0 radical (unpaired) electrons. The van der Waals surface area contributed by atoms with Crippen LogP contribution in [0.25, 0.3) is 0 Å². The predicted molar refractivity (Wildman–Crippen MR) is 75.9 cm³/mol. The normalized spacial score (nSPS) is 24.5. The van der Waals surface area contributed by atoms with Gasteiger partial charge in [0.1, 0.15) is 10.7 Å². The quantitative estimate of drug-likeness (QED) is 0.897. The first-order valence-electron chi connectivity index (χ1n) is 6.55. The van der Waals surface area contributed by atoms with E-state index in [-0.39, 0.29) is 0 Å². The third-order valence-corrected chi connectivity index (χ3v) is 4.85. The number of piperidine rings is 1. The SMILES string of the molecule is CC1CCC(CN)CN1c1ncccc1S(C)(=O)=O. The average Bonchev–Trinajstić information content (AvgIpc) is 2.38. The minimum absolute atomic E-state index is 0.290. The van der Waals surface area contributed by atoms with Gasteiger partial charge in [-0.25, -0.2) is 13.4 Å². The second-order valence-corrected chi connectivity index (χ2v) is 7.26. The molecule has 1 aliphatic rings. The Morgan fingerprint density at radius 1 is 1.47 bits per heavy atom. The van der Waals surface area contributed by atoms with Crippen LogP contribution in [0.1, 0.15) is 19.8 Å². The fourth-order valence-electron chi connectivity index (χ4n) is 2.56. The molecule has 2 heterocycles. The fraction of sp³-hybridized carbons (Fsp3) is 0.615. The lowest BCUT2D eigenvalue weighted by molar-refractivity contribution is 0.370. The molecule has 0 spiro atoms. The molecule has 106 valence electrons. The summed E-state index contributed by atoms with van der Waals surface area (Å²) in [6.45, 7) is 3.51. The van der Waals surface area contributed by atoms with Crippen LogP contribution in [0.5, 0.6) is 0 Å². The molecule has 1 aliphatic heterocycles. The number of hydrogen-bond acceptors (Lipinski definition) is 5. The summed E-state index contributed by atoms with van der Waals surface area (Å²) in [5, 5.41) is 0.